The van der Waals surface area contributed by atoms with Crippen LogP contribution in [0.4, 0.5) is 26.3 Å². The van der Waals surface area contributed by atoms with Crippen LogP contribution >= 0.6 is 30.2 Å². The Kier molecular flexibility index (Phi) is 34.1. The fourth-order valence-corrected chi connectivity index (χ4v) is 7.60. The summed E-state index contributed by atoms with van der Waals surface area (Å²) >= 11 is 0. The minimum absolute atomic E-state index is 0.127. The molecule has 0 aliphatic rings. The molecule has 0 aromatic heterocycles. The van der Waals surface area contributed by atoms with Gasteiger partial charge in [0.1, 0.15) is 24.7 Å². The van der Waals surface area contributed by atoms with Crippen LogP contribution in [-0.2, 0) is 73.6 Å². The van der Waals surface area contributed by atoms with Crippen LogP contribution in [0, 0.1) is 0 Å². The number of hydrogen-bond acceptors (Lipinski definition) is 14. The third-order valence-electron chi connectivity index (χ3n) is 6.50. The van der Waals surface area contributed by atoms with Crippen molar-refractivity contribution in [2.45, 2.75) is 85.2 Å². The van der Waals surface area contributed by atoms with E-state index in [9.17, 15) is 59.0 Å². The number of rotatable bonds is 20. The van der Waals surface area contributed by atoms with Crippen LogP contribution in [0.15, 0.2) is 60.7 Å². The van der Waals surface area contributed by atoms with E-state index < -0.39 is 91.8 Å². The third-order valence-corrected chi connectivity index (χ3v) is 10.9. The fourth-order valence-electron chi connectivity index (χ4n) is 3.83. The molecule has 2 rings (SSSR count). The Morgan fingerprint density at radius 3 is 1.14 bits per heavy atom. The number of alkyl halides is 6. The maximum absolute atomic E-state index is 12.2. The molecular formula is C37H63F6N3O16P4. The largest absolute Gasteiger partial charge is 0.465 e. The zero-order valence-corrected chi connectivity index (χ0v) is 41.7. The number of hydrogen-bond donors (Lipinski definition) is 6. The van der Waals surface area contributed by atoms with Gasteiger partial charge in [0.25, 0.3) is 22.6 Å². The molecule has 2 aromatic rings. The Morgan fingerprint density at radius 1 is 0.561 bits per heavy atom. The van der Waals surface area contributed by atoms with E-state index in [1.807, 2.05) is 60.7 Å². The van der Waals surface area contributed by atoms with Crippen molar-refractivity contribution in [3.63, 3.8) is 0 Å². The van der Waals surface area contributed by atoms with Crippen LogP contribution in [0.3, 0.4) is 0 Å². The van der Waals surface area contributed by atoms with Crippen molar-refractivity contribution in [2.75, 3.05) is 59.7 Å². The van der Waals surface area contributed by atoms with E-state index in [0.717, 1.165) is 24.5 Å². The average molecular weight is 1040 g/mol. The average Bonchev–Trinajstić information content (AvgIpc) is 3.19. The van der Waals surface area contributed by atoms with Crippen molar-refractivity contribution in [1.29, 1.82) is 0 Å². The molecule has 0 fully saturated rings. The molecule has 0 bridgehead atoms. The number of nitrogens with one attached hydrogen (secondary N) is 3. The number of ether oxygens (including phenoxy) is 3. The number of carbonyl (C=O) groups is 3. The molecule has 2 aromatic carbocycles. The Labute approximate surface area is 381 Å². The van der Waals surface area contributed by atoms with Crippen LogP contribution in [0.5, 0.6) is 0 Å². The lowest BCUT2D eigenvalue weighted by atomic mass is 10.2. The van der Waals surface area contributed by atoms with E-state index in [2.05, 4.69) is 29.3 Å². The van der Waals surface area contributed by atoms with E-state index in [4.69, 9.17) is 28.7 Å². The summed E-state index contributed by atoms with van der Waals surface area (Å²) in [5, 5.41) is 14.4. The second-order valence-electron chi connectivity index (χ2n) is 13.4. The summed E-state index contributed by atoms with van der Waals surface area (Å²) in [6.07, 6.45) is -8.97. The predicted octanol–water partition coefficient (Wildman–Crippen LogP) is 7.40. The van der Waals surface area contributed by atoms with E-state index >= 15 is 0 Å². The summed E-state index contributed by atoms with van der Waals surface area (Å²) in [5.74, 6) is -1.66. The standard InChI is InChI=1S/C13H20NO4P.C8H15F3NO4P.C8H11O3P.C6H14NO4P.C2H3F3O/c1-4-17-13(15)11(2)14-19(3,16)18-10-12-8-6-5-7-9-12;1-4-15-7(13)6(2)12-17(3,14)16-5-8(9,10)11;1-12(9,10)11-7-8-5-3-2-4-6-8;1-4-11-6(8)5(2)7-12(3,9)10;3-2(4,5)1-6/h5-9,11H,4,10H2,1-3H3,(H,14,16);6H,4-5H2,1-3H3,(H,12,14);2-6H,7H2,1H3,(H,9,10);5H,4H2,1-3H3,(H2,7,9,10);6H,1H2. The first-order chi connectivity index (χ1) is 30.0. The second-order valence-corrected chi connectivity index (χ2v) is 21.7. The summed E-state index contributed by atoms with van der Waals surface area (Å²) in [5.41, 5.74) is 1.82. The van der Waals surface area contributed by atoms with Gasteiger partial charge in [0, 0.05) is 26.7 Å². The van der Waals surface area contributed by atoms with Gasteiger partial charge >= 0.3 is 37.9 Å². The number of benzene rings is 2. The van der Waals surface area contributed by atoms with Gasteiger partial charge in [-0.1, -0.05) is 60.7 Å². The number of esters is 3. The predicted molar refractivity (Wildman–Crippen MR) is 234 cm³/mol. The summed E-state index contributed by atoms with van der Waals surface area (Å²) in [6.45, 7) is 11.8. The summed E-state index contributed by atoms with van der Waals surface area (Å²) in [4.78, 5) is 51.1. The first-order valence-corrected chi connectivity index (χ1v) is 27.6. The first kappa shape index (κ1) is 67.3. The molecule has 19 nitrogen and oxygen atoms in total. The molecule has 66 heavy (non-hydrogen) atoms. The highest BCUT2D eigenvalue weighted by atomic mass is 31.2. The number of carbonyl (C=O) groups excluding carboxylic acids is 3. The van der Waals surface area contributed by atoms with Crippen molar-refractivity contribution in [1.82, 2.24) is 15.3 Å². The molecule has 0 aliphatic carbocycles. The highest BCUT2D eigenvalue weighted by Gasteiger charge is 2.33. The van der Waals surface area contributed by atoms with Gasteiger partial charge in [0.15, 0.2) is 6.61 Å². The fraction of sp³-hybridized carbons (Fsp3) is 0.595. The van der Waals surface area contributed by atoms with Gasteiger partial charge in [-0.15, -0.1) is 0 Å². The minimum atomic E-state index is -4.57. The highest BCUT2D eigenvalue weighted by molar-refractivity contribution is 7.56. The van der Waals surface area contributed by atoms with Crippen molar-refractivity contribution in [3.05, 3.63) is 71.8 Å². The maximum Gasteiger partial charge on any atom is 0.412 e. The molecule has 7 unspecified atom stereocenters. The molecule has 384 valence electrons. The van der Waals surface area contributed by atoms with Crippen LogP contribution in [0.25, 0.3) is 0 Å². The monoisotopic (exact) mass is 1040 g/mol. The van der Waals surface area contributed by atoms with Crippen LogP contribution in [0.1, 0.15) is 52.7 Å². The van der Waals surface area contributed by atoms with Crippen molar-refractivity contribution >= 4 is 48.1 Å². The number of halogens is 6. The molecule has 29 heteroatoms. The summed E-state index contributed by atoms with van der Waals surface area (Å²) < 4.78 is 141. The zero-order valence-electron chi connectivity index (χ0n) is 38.2. The van der Waals surface area contributed by atoms with Gasteiger partial charge in [-0.3, -0.25) is 32.6 Å². The SMILES string of the molecule is CCOC(=O)C(C)NP(C)(=O)O.CCOC(=O)C(C)NP(C)(=O)OCC(F)(F)F.CCOC(=O)C(C)NP(C)(=O)OCc1ccccc1.CP(=O)(O)OCc1ccccc1.OCC(F)(F)F. The van der Waals surface area contributed by atoms with Gasteiger partial charge in [-0.2, -0.15) is 26.3 Å². The molecule has 0 amide bonds. The molecular weight excluding hydrogens is 980 g/mol. The molecule has 6 N–H and O–H groups in total. The molecule has 0 saturated carbocycles. The molecule has 0 saturated heterocycles. The Hall–Kier alpha value is -3.01. The van der Waals surface area contributed by atoms with Gasteiger partial charge in [-0.05, 0) is 52.7 Å². The van der Waals surface area contributed by atoms with Gasteiger partial charge in [0.05, 0.1) is 33.0 Å². The summed E-state index contributed by atoms with van der Waals surface area (Å²) in [7, 11) is -13.4. The van der Waals surface area contributed by atoms with Gasteiger partial charge < -0.3 is 42.7 Å². The topological polar surface area (TPSA) is 272 Å². The first-order valence-electron chi connectivity index (χ1n) is 19.4. The Morgan fingerprint density at radius 2 is 0.864 bits per heavy atom. The number of aliphatic hydroxyl groups excluding tert-OH is 1. The quantitative estimate of drug-likeness (QED) is 0.0326. The van der Waals surface area contributed by atoms with E-state index in [-0.39, 0.29) is 26.4 Å². The van der Waals surface area contributed by atoms with E-state index in [1.165, 1.54) is 27.2 Å². The second kappa shape index (κ2) is 33.5. The maximum atomic E-state index is 12.2. The zero-order chi connectivity index (χ0) is 52.0. The highest BCUT2D eigenvalue weighted by Crippen LogP contribution is 2.41. The van der Waals surface area contributed by atoms with Crippen LogP contribution in [-0.4, -0.2) is 123 Å². The lowest BCUT2D eigenvalue weighted by molar-refractivity contribution is -0.159. The lowest BCUT2D eigenvalue weighted by Crippen LogP contribution is -2.34. The molecule has 0 aliphatic heterocycles. The van der Waals surface area contributed by atoms with Crippen LogP contribution < -0.4 is 15.3 Å². The van der Waals surface area contributed by atoms with E-state index in [0.29, 0.717) is 6.61 Å². The third kappa shape index (κ3) is 43.6. The Balaban J connectivity index is -0.000000781. The minimum Gasteiger partial charge on any atom is -0.465 e. The van der Waals surface area contributed by atoms with Crippen LogP contribution in [0.2, 0.25) is 0 Å². The molecule has 7 atom stereocenters. The lowest BCUT2D eigenvalue weighted by Gasteiger charge is -2.19. The smallest absolute Gasteiger partial charge is 0.412 e. The van der Waals surface area contributed by atoms with Gasteiger partial charge in [-0.25, -0.2) is 15.3 Å². The Bertz CT molecular complexity index is 1860. The normalized spacial score (nSPS) is 16.1. The number of aliphatic hydroxyl groups is 1. The molecule has 0 spiro atoms. The van der Waals surface area contributed by atoms with Crippen molar-refractivity contribution < 1.29 is 102 Å². The van der Waals surface area contributed by atoms with Gasteiger partial charge in [0.2, 0.25) is 0 Å². The van der Waals surface area contributed by atoms with Crippen molar-refractivity contribution in [3.8, 4) is 0 Å². The summed E-state index contributed by atoms with van der Waals surface area (Å²) in [6, 6.07) is 16.3. The van der Waals surface area contributed by atoms with Crippen molar-refractivity contribution in [2.24, 2.45) is 0 Å². The molecule has 0 radical (unpaired) electrons. The van der Waals surface area contributed by atoms with E-state index in [1.54, 1.807) is 27.7 Å². The molecule has 0 heterocycles.